The molecule has 1 fully saturated rings. The summed E-state index contributed by atoms with van der Waals surface area (Å²) in [6.45, 7) is 8.66. The second-order valence-corrected chi connectivity index (χ2v) is 9.83. The molecule has 2 aliphatic heterocycles. The predicted octanol–water partition coefficient (Wildman–Crippen LogP) is 3.45. The van der Waals surface area contributed by atoms with Crippen LogP contribution in [0, 0.1) is 0 Å². The first-order valence-corrected chi connectivity index (χ1v) is 12.1. The predicted molar refractivity (Wildman–Crippen MR) is 129 cm³/mol. The first-order chi connectivity index (χ1) is 17.0. The Morgan fingerprint density at radius 2 is 1.81 bits per heavy atom. The fraction of sp³-hybridized carbons (Fsp3) is 0.500. The summed E-state index contributed by atoms with van der Waals surface area (Å²) in [6.07, 6.45) is 1.40. The van der Waals surface area contributed by atoms with E-state index in [0.717, 1.165) is 17.7 Å². The van der Waals surface area contributed by atoms with Crippen molar-refractivity contribution in [3.8, 4) is 0 Å². The molecule has 2 amide bonds. The molecule has 0 unspecified atom stereocenters. The van der Waals surface area contributed by atoms with E-state index in [1.165, 1.54) is 6.07 Å². The number of esters is 1. The van der Waals surface area contributed by atoms with Crippen LogP contribution in [0.1, 0.15) is 81.6 Å². The van der Waals surface area contributed by atoms with Gasteiger partial charge in [0.25, 0.3) is 11.8 Å². The summed E-state index contributed by atoms with van der Waals surface area (Å²) in [5.41, 5.74) is 1.13. The molecule has 0 spiro atoms. The molecule has 2 aliphatic rings. The van der Waals surface area contributed by atoms with Gasteiger partial charge in [-0.1, -0.05) is 6.92 Å². The third-order valence-corrected chi connectivity index (χ3v) is 6.70. The fourth-order valence-electron chi connectivity index (χ4n) is 5.06. The van der Waals surface area contributed by atoms with Gasteiger partial charge < -0.3 is 18.9 Å². The van der Waals surface area contributed by atoms with Gasteiger partial charge in [-0.05, 0) is 57.2 Å². The highest BCUT2D eigenvalue weighted by Gasteiger charge is 2.37. The number of amides is 2. The second kappa shape index (κ2) is 9.75. The lowest BCUT2D eigenvalue weighted by molar-refractivity contribution is -0.197. The van der Waals surface area contributed by atoms with E-state index in [1.807, 2.05) is 6.07 Å². The van der Waals surface area contributed by atoms with Crippen molar-refractivity contribution in [2.45, 2.75) is 71.3 Å². The maximum absolute atomic E-state index is 12.4. The van der Waals surface area contributed by atoms with Crippen molar-refractivity contribution in [1.82, 2.24) is 5.06 Å². The number of anilines is 1. The van der Waals surface area contributed by atoms with Crippen LogP contribution >= 0.6 is 0 Å². The number of benzene rings is 1. The topological polar surface area (TPSA) is 123 Å². The van der Waals surface area contributed by atoms with Crippen molar-refractivity contribution in [2.24, 2.45) is 0 Å². The average molecular weight is 499 g/mol. The van der Waals surface area contributed by atoms with E-state index >= 15 is 0 Å². The average Bonchev–Trinajstić information content (AvgIpc) is 3.11. The number of carbonyl (C=O) groups is 4. The number of ether oxygens (including phenoxy) is 1. The third-order valence-electron chi connectivity index (χ3n) is 6.70. The van der Waals surface area contributed by atoms with Crippen LogP contribution in [0.2, 0.25) is 0 Å². The highest BCUT2D eigenvalue weighted by atomic mass is 16.7. The molecule has 0 N–H and O–H groups in total. The van der Waals surface area contributed by atoms with Gasteiger partial charge in [-0.3, -0.25) is 9.59 Å². The van der Waals surface area contributed by atoms with Crippen LogP contribution in [-0.4, -0.2) is 47.5 Å². The van der Waals surface area contributed by atoms with Crippen molar-refractivity contribution in [3.63, 3.8) is 0 Å². The van der Waals surface area contributed by atoms with E-state index in [-0.39, 0.29) is 42.9 Å². The molecule has 0 saturated carbocycles. The minimum atomic E-state index is -0.760. The zero-order valence-corrected chi connectivity index (χ0v) is 20.9. The van der Waals surface area contributed by atoms with Crippen LogP contribution in [0.5, 0.6) is 0 Å². The van der Waals surface area contributed by atoms with Crippen molar-refractivity contribution < 1.29 is 33.2 Å². The van der Waals surface area contributed by atoms with E-state index in [4.69, 9.17) is 14.0 Å². The smallest absolute Gasteiger partial charge is 0.351 e. The van der Waals surface area contributed by atoms with Gasteiger partial charge in [-0.15, -0.1) is 5.06 Å². The summed E-state index contributed by atoms with van der Waals surface area (Å²) in [6, 6.07) is 5.24. The molecule has 0 bridgehead atoms. The molecule has 192 valence electrons. The Hall–Kier alpha value is -3.69. The quantitative estimate of drug-likeness (QED) is 0.321. The summed E-state index contributed by atoms with van der Waals surface area (Å²) >= 11 is 0. The number of hydrogen-bond acceptors (Lipinski definition) is 9. The Balaban J connectivity index is 1.57. The zero-order chi connectivity index (χ0) is 26.2. The summed E-state index contributed by atoms with van der Waals surface area (Å²) in [7, 11) is 0. The number of nitrogens with zero attached hydrogens (tertiary/aromatic N) is 2. The van der Waals surface area contributed by atoms with Crippen LogP contribution in [0.25, 0.3) is 11.0 Å². The lowest BCUT2D eigenvalue weighted by atomic mass is 9.79. The maximum Gasteiger partial charge on any atom is 0.351 e. The number of fused-ring (bicyclic) bond motifs is 2. The highest BCUT2D eigenvalue weighted by Crippen LogP contribution is 2.45. The number of rotatable bonds is 7. The summed E-state index contributed by atoms with van der Waals surface area (Å²) in [5.74, 6) is -2.17. The van der Waals surface area contributed by atoms with E-state index in [0.29, 0.717) is 29.0 Å². The van der Waals surface area contributed by atoms with Gasteiger partial charge in [-0.25, -0.2) is 14.4 Å². The zero-order valence-electron chi connectivity index (χ0n) is 20.9. The molecular weight excluding hydrogens is 468 g/mol. The number of hydroxylamine groups is 2. The van der Waals surface area contributed by atoms with Gasteiger partial charge in [0.05, 0.1) is 6.61 Å². The molecule has 1 atom stereocenters. The molecule has 0 radical (unpaired) electrons. The standard InChI is InChI=1S/C26H30N2O8/c1-5-34-24(32)18-12-16-11-17-15(2)14-26(3,4)27(19(17)13-20(16)35-25(18)33)10-6-7-23(31)36-28-21(29)8-9-22(28)30/h11-13,15H,5-10,14H2,1-4H3/t15-/m0/s1. The van der Waals surface area contributed by atoms with Gasteiger partial charge in [0.1, 0.15) is 11.1 Å². The number of hydrogen-bond donors (Lipinski definition) is 0. The lowest BCUT2D eigenvalue weighted by Crippen LogP contribution is -2.49. The fourth-order valence-corrected chi connectivity index (χ4v) is 5.06. The first-order valence-electron chi connectivity index (χ1n) is 12.1. The maximum atomic E-state index is 12.4. The Morgan fingerprint density at radius 1 is 1.11 bits per heavy atom. The molecule has 36 heavy (non-hydrogen) atoms. The molecule has 10 heteroatoms. The Labute approximate surface area is 208 Å². The van der Waals surface area contributed by atoms with Gasteiger partial charge in [-0.2, -0.15) is 0 Å². The summed E-state index contributed by atoms with van der Waals surface area (Å²) in [5, 5.41) is 1.19. The van der Waals surface area contributed by atoms with Gasteiger partial charge >= 0.3 is 17.6 Å². The van der Waals surface area contributed by atoms with E-state index in [1.54, 1.807) is 13.0 Å². The van der Waals surface area contributed by atoms with Gasteiger partial charge in [0.2, 0.25) is 0 Å². The monoisotopic (exact) mass is 498 g/mol. The molecule has 1 saturated heterocycles. The molecule has 1 aromatic carbocycles. The molecular formula is C26H30N2O8. The normalized spacial score (nSPS) is 18.9. The SMILES string of the molecule is CCOC(=O)c1cc2cc3c(cc2oc1=O)N(CCCC(=O)ON1C(=O)CCC1=O)C(C)(C)C[C@@H]3C. The van der Waals surface area contributed by atoms with Crippen molar-refractivity contribution in [3.05, 3.63) is 39.7 Å². The van der Waals surface area contributed by atoms with Crippen molar-refractivity contribution in [1.29, 1.82) is 0 Å². The molecule has 4 rings (SSSR count). The molecule has 0 aliphatic carbocycles. The van der Waals surface area contributed by atoms with Gasteiger partial charge in [0, 0.05) is 48.5 Å². The van der Waals surface area contributed by atoms with Crippen LogP contribution in [0.3, 0.4) is 0 Å². The Kier molecular flexibility index (Phi) is 6.88. The highest BCUT2D eigenvalue weighted by molar-refractivity contribution is 6.01. The summed E-state index contributed by atoms with van der Waals surface area (Å²) < 4.78 is 10.5. The second-order valence-electron chi connectivity index (χ2n) is 9.83. The Bertz CT molecular complexity index is 1280. The number of imide groups is 1. The van der Waals surface area contributed by atoms with E-state index < -0.39 is 29.4 Å². The molecule has 2 aromatic rings. The molecule has 10 nitrogen and oxygen atoms in total. The van der Waals surface area contributed by atoms with Crippen LogP contribution < -0.4 is 10.5 Å². The minimum Gasteiger partial charge on any atom is -0.462 e. The van der Waals surface area contributed by atoms with Crippen LogP contribution in [-0.2, 0) is 24.0 Å². The van der Waals surface area contributed by atoms with Crippen molar-refractivity contribution >= 4 is 40.4 Å². The third kappa shape index (κ3) is 4.84. The lowest BCUT2D eigenvalue weighted by Gasteiger charge is -2.47. The van der Waals surface area contributed by atoms with E-state index in [9.17, 15) is 24.0 Å². The van der Waals surface area contributed by atoms with Gasteiger partial charge in [0.15, 0.2) is 0 Å². The van der Waals surface area contributed by atoms with Crippen molar-refractivity contribution in [2.75, 3.05) is 18.1 Å². The van der Waals surface area contributed by atoms with E-state index in [2.05, 4.69) is 25.7 Å². The first kappa shape index (κ1) is 25.4. The largest absolute Gasteiger partial charge is 0.462 e. The molecule has 1 aromatic heterocycles. The summed E-state index contributed by atoms with van der Waals surface area (Å²) in [4.78, 5) is 67.4. The molecule has 3 heterocycles. The Morgan fingerprint density at radius 3 is 2.47 bits per heavy atom. The van der Waals surface area contributed by atoms with Crippen LogP contribution in [0.15, 0.2) is 27.4 Å². The number of carbonyl (C=O) groups excluding carboxylic acids is 4. The minimum absolute atomic E-state index is 0.0279. The van der Waals surface area contributed by atoms with Crippen LogP contribution in [0.4, 0.5) is 5.69 Å².